The fraction of sp³-hybridized carbons (Fsp3) is 0.455. The van der Waals surface area contributed by atoms with E-state index >= 15 is 0 Å². The van der Waals surface area contributed by atoms with Gasteiger partial charge >= 0.3 is 0 Å². The molecule has 0 radical (unpaired) electrons. The number of hydrogen-bond donors (Lipinski definition) is 2. The predicted octanol–water partition coefficient (Wildman–Crippen LogP) is 1.98. The first kappa shape index (κ1) is 10.2. The van der Waals surface area contributed by atoms with E-state index in [1.807, 2.05) is 0 Å². The molecule has 0 saturated carbocycles. The molecule has 4 heteroatoms. The Morgan fingerprint density at radius 1 is 1.53 bits per heavy atom. The maximum Gasteiger partial charge on any atom is 0.166 e. The standard InChI is InChI=1S/C11H14FNO2/c1-11(6-15-7-11)5-13-8-2-3-10(14)9(12)4-8/h2-4,13-14H,5-7H2,1H3. The van der Waals surface area contributed by atoms with E-state index in [9.17, 15) is 4.39 Å². The summed E-state index contributed by atoms with van der Waals surface area (Å²) in [6, 6.07) is 4.29. The van der Waals surface area contributed by atoms with Crippen LogP contribution in [0.4, 0.5) is 10.1 Å². The number of anilines is 1. The maximum atomic E-state index is 13.0. The molecule has 1 aliphatic rings. The SMILES string of the molecule is CC1(CNc2ccc(O)c(F)c2)COC1. The van der Waals surface area contributed by atoms with Gasteiger partial charge in [0.25, 0.3) is 0 Å². The van der Waals surface area contributed by atoms with Crippen molar-refractivity contribution in [2.75, 3.05) is 25.1 Å². The molecule has 3 nitrogen and oxygen atoms in total. The van der Waals surface area contributed by atoms with Gasteiger partial charge in [-0.05, 0) is 12.1 Å². The Bertz CT molecular complexity index is 364. The summed E-state index contributed by atoms with van der Waals surface area (Å²) in [5, 5.41) is 12.1. The van der Waals surface area contributed by atoms with Gasteiger partial charge in [-0.3, -0.25) is 0 Å². The molecule has 1 aromatic rings. The second-order valence-electron chi connectivity index (χ2n) is 4.32. The van der Waals surface area contributed by atoms with Crippen molar-refractivity contribution in [1.82, 2.24) is 0 Å². The monoisotopic (exact) mass is 211 g/mol. The van der Waals surface area contributed by atoms with E-state index in [4.69, 9.17) is 9.84 Å². The van der Waals surface area contributed by atoms with Crippen molar-refractivity contribution in [3.63, 3.8) is 0 Å². The van der Waals surface area contributed by atoms with Gasteiger partial charge in [-0.2, -0.15) is 0 Å². The van der Waals surface area contributed by atoms with E-state index in [1.165, 1.54) is 12.1 Å². The molecule has 0 aromatic heterocycles. The highest BCUT2D eigenvalue weighted by Crippen LogP contribution is 2.27. The highest BCUT2D eigenvalue weighted by atomic mass is 19.1. The molecule has 0 spiro atoms. The minimum Gasteiger partial charge on any atom is -0.505 e. The van der Waals surface area contributed by atoms with Crippen molar-refractivity contribution >= 4 is 5.69 Å². The normalized spacial score (nSPS) is 18.3. The Kier molecular flexibility index (Phi) is 2.52. The number of rotatable bonds is 3. The van der Waals surface area contributed by atoms with Gasteiger partial charge in [-0.1, -0.05) is 6.92 Å². The predicted molar refractivity (Wildman–Crippen MR) is 55.5 cm³/mol. The molecule has 0 unspecified atom stereocenters. The summed E-state index contributed by atoms with van der Waals surface area (Å²) in [6.45, 7) is 4.33. The molecule has 15 heavy (non-hydrogen) atoms. The summed E-state index contributed by atoms with van der Waals surface area (Å²) >= 11 is 0. The van der Waals surface area contributed by atoms with Crippen molar-refractivity contribution in [2.45, 2.75) is 6.92 Å². The smallest absolute Gasteiger partial charge is 0.166 e. The fourth-order valence-corrected chi connectivity index (χ4v) is 1.48. The Labute approximate surface area is 87.9 Å². The molecule has 82 valence electrons. The van der Waals surface area contributed by atoms with Crippen LogP contribution in [0.15, 0.2) is 18.2 Å². The molecule has 2 rings (SSSR count). The van der Waals surface area contributed by atoms with Crippen LogP contribution in [-0.4, -0.2) is 24.9 Å². The quantitative estimate of drug-likeness (QED) is 0.751. The van der Waals surface area contributed by atoms with Gasteiger partial charge < -0.3 is 15.2 Å². The van der Waals surface area contributed by atoms with Gasteiger partial charge in [-0.25, -0.2) is 4.39 Å². The number of hydrogen-bond acceptors (Lipinski definition) is 3. The van der Waals surface area contributed by atoms with Crippen LogP contribution in [0.1, 0.15) is 6.92 Å². The van der Waals surface area contributed by atoms with E-state index in [-0.39, 0.29) is 11.2 Å². The number of ether oxygens (including phenoxy) is 1. The van der Waals surface area contributed by atoms with Crippen LogP contribution in [0, 0.1) is 11.2 Å². The lowest BCUT2D eigenvalue weighted by molar-refractivity contribution is -0.0924. The number of phenolic OH excluding ortho intramolecular Hbond substituents is 1. The summed E-state index contributed by atoms with van der Waals surface area (Å²) in [5.41, 5.74) is 0.826. The van der Waals surface area contributed by atoms with E-state index < -0.39 is 5.82 Å². The summed E-state index contributed by atoms with van der Waals surface area (Å²) in [4.78, 5) is 0. The van der Waals surface area contributed by atoms with Gasteiger partial charge in [0.1, 0.15) is 0 Å². The molecule has 1 heterocycles. The fourth-order valence-electron chi connectivity index (χ4n) is 1.48. The average molecular weight is 211 g/mol. The Hall–Kier alpha value is -1.29. The van der Waals surface area contributed by atoms with Crippen LogP contribution in [-0.2, 0) is 4.74 Å². The minimum absolute atomic E-state index is 0.147. The molecule has 0 aliphatic carbocycles. The lowest BCUT2D eigenvalue weighted by Crippen LogP contribution is -2.45. The lowest BCUT2D eigenvalue weighted by Gasteiger charge is -2.38. The molecule has 1 saturated heterocycles. The third-order valence-corrected chi connectivity index (χ3v) is 2.57. The number of aromatic hydroxyl groups is 1. The lowest BCUT2D eigenvalue weighted by atomic mass is 9.89. The molecular formula is C11H14FNO2. The first-order chi connectivity index (χ1) is 7.09. The Balaban J connectivity index is 1.96. The Morgan fingerprint density at radius 2 is 2.27 bits per heavy atom. The van der Waals surface area contributed by atoms with Crippen molar-refractivity contribution in [3.05, 3.63) is 24.0 Å². The van der Waals surface area contributed by atoms with Gasteiger partial charge in [-0.15, -0.1) is 0 Å². The highest BCUT2D eigenvalue weighted by Gasteiger charge is 2.32. The van der Waals surface area contributed by atoms with E-state index in [2.05, 4.69) is 12.2 Å². The van der Waals surface area contributed by atoms with Crippen molar-refractivity contribution in [3.8, 4) is 5.75 Å². The zero-order chi connectivity index (χ0) is 10.9. The van der Waals surface area contributed by atoms with Crippen LogP contribution in [0.2, 0.25) is 0 Å². The summed E-state index contributed by atoms with van der Waals surface area (Å²) in [7, 11) is 0. The second kappa shape index (κ2) is 3.70. The van der Waals surface area contributed by atoms with Crippen molar-refractivity contribution in [2.24, 2.45) is 5.41 Å². The average Bonchev–Trinajstić information content (AvgIpc) is 2.17. The van der Waals surface area contributed by atoms with Crippen LogP contribution < -0.4 is 5.32 Å². The molecule has 0 atom stereocenters. The number of halogens is 1. The van der Waals surface area contributed by atoms with Crippen LogP contribution in [0.3, 0.4) is 0 Å². The number of phenols is 1. The molecular weight excluding hydrogens is 197 g/mol. The summed E-state index contributed by atoms with van der Waals surface area (Å²) in [5.74, 6) is -0.922. The zero-order valence-corrected chi connectivity index (χ0v) is 8.59. The highest BCUT2D eigenvalue weighted by molar-refractivity contribution is 5.47. The third kappa shape index (κ3) is 2.21. The number of benzene rings is 1. The van der Waals surface area contributed by atoms with Gasteiger partial charge in [0.2, 0.25) is 0 Å². The van der Waals surface area contributed by atoms with Crippen LogP contribution in [0.5, 0.6) is 5.75 Å². The molecule has 2 N–H and O–H groups in total. The zero-order valence-electron chi connectivity index (χ0n) is 8.59. The third-order valence-electron chi connectivity index (χ3n) is 2.57. The molecule has 0 bridgehead atoms. The summed E-state index contributed by atoms with van der Waals surface area (Å²) in [6.07, 6.45) is 0. The topological polar surface area (TPSA) is 41.5 Å². The van der Waals surface area contributed by atoms with E-state index in [1.54, 1.807) is 6.07 Å². The maximum absolute atomic E-state index is 13.0. The first-order valence-corrected chi connectivity index (χ1v) is 4.89. The molecule has 1 aliphatic heterocycles. The van der Waals surface area contributed by atoms with E-state index in [0.29, 0.717) is 5.69 Å². The van der Waals surface area contributed by atoms with Crippen molar-refractivity contribution in [1.29, 1.82) is 0 Å². The largest absolute Gasteiger partial charge is 0.505 e. The van der Waals surface area contributed by atoms with Gasteiger partial charge in [0.05, 0.1) is 13.2 Å². The van der Waals surface area contributed by atoms with Crippen LogP contribution in [0.25, 0.3) is 0 Å². The van der Waals surface area contributed by atoms with Gasteiger partial charge in [0.15, 0.2) is 11.6 Å². The molecule has 1 fully saturated rings. The minimum atomic E-state index is -0.602. The van der Waals surface area contributed by atoms with Crippen molar-refractivity contribution < 1.29 is 14.2 Å². The van der Waals surface area contributed by atoms with E-state index in [0.717, 1.165) is 19.8 Å². The molecule has 0 amide bonds. The van der Waals surface area contributed by atoms with Crippen LogP contribution >= 0.6 is 0 Å². The molecule has 1 aromatic carbocycles. The first-order valence-electron chi connectivity index (χ1n) is 4.89. The van der Waals surface area contributed by atoms with Gasteiger partial charge in [0, 0.05) is 23.7 Å². The Morgan fingerprint density at radius 3 is 2.80 bits per heavy atom. The summed E-state index contributed by atoms with van der Waals surface area (Å²) < 4.78 is 18.1. The second-order valence-corrected chi connectivity index (χ2v) is 4.32. The number of nitrogens with one attached hydrogen (secondary N) is 1.